The highest BCUT2D eigenvalue weighted by atomic mass is 127. The fourth-order valence-electron chi connectivity index (χ4n) is 2.02. The van der Waals surface area contributed by atoms with Gasteiger partial charge >= 0.3 is 0 Å². The minimum atomic E-state index is -1.04. The van der Waals surface area contributed by atoms with E-state index in [1.165, 1.54) is 17.2 Å². The van der Waals surface area contributed by atoms with Gasteiger partial charge in [0.25, 0.3) is 0 Å². The molecule has 2 heteroatoms. The molecule has 90 valence electrons. The van der Waals surface area contributed by atoms with E-state index < -0.39 is 8.07 Å². The number of rotatable bonds is 3. The average Bonchev–Trinajstić information content (AvgIpc) is 2.04. The van der Waals surface area contributed by atoms with Crippen LogP contribution in [0.5, 0.6) is 0 Å². The van der Waals surface area contributed by atoms with Crippen LogP contribution in [0, 0.1) is 6.92 Å². The second kappa shape index (κ2) is 4.81. The standard InChI is InChI=1S/C14H23ISi/c1-11-8-7-9-13(14(2,3)15)12(11)10-16(4,5)6/h7-9H,10H2,1-6H3. The molecule has 0 saturated heterocycles. The third-order valence-electron chi connectivity index (χ3n) is 2.76. The summed E-state index contributed by atoms with van der Waals surface area (Å²) in [5, 5.41) is 0. The van der Waals surface area contributed by atoms with Gasteiger partial charge in [-0.1, -0.05) is 60.4 Å². The summed E-state index contributed by atoms with van der Waals surface area (Å²) in [6.45, 7) is 14.2. The zero-order valence-electron chi connectivity index (χ0n) is 11.3. The first kappa shape index (κ1) is 14.2. The maximum atomic E-state index is 2.55. The number of halogens is 1. The van der Waals surface area contributed by atoms with Crippen molar-refractivity contribution in [1.82, 2.24) is 0 Å². The first-order chi connectivity index (χ1) is 7.11. The van der Waals surface area contributed by atoms with Crippen molar-refractivity contribution in [3.05, 3.63) is 34.9 Å². The first-order valence-corrected chi connectivity index (χ1v) is 10.7. The lowest BCUT2D eigenvalue weighted by molar-refractivity contribution is 0.812. The number of alkyl halides is 1. The molecule has 0 heterocycles. The van der Waals surface area contributed by atoms with Gasteiger partial charge in [-0.3, -0.25) is 0 Å². The molecule has 1 aromatic carbocycles. The van der Waals surface area contributed by atoms with Crippen LogP contribution in [0.4, 0.5) is 0 Å². The summed E-state index contributed by atoms with van der Waals surface area (Å²) in [5.41, 5.74) is 4.58. The maximum Gasteiger partial charge on any atom is 0.0487 e. The number of aryl methyl sites for hydroxylation is 1. The van der Waals surface area contributed by atoms with E-state index >= 15 is 0 Å². The van der Waals surface area contributed by atoms with E-state index in [9.17, 15) is 0 Å². The molecule has 16 heavy (non-hydrogen) atoms. The predicted octanol–water partition coefficient (Wildman–Crippen LogP) is 5.09. The summed E-state index contributed by atoms with van der Waals surface area (Å²) in [6, 6.07) is 8.04. The normalized spacial score (nSPS) is 12.9. The smallest absolute Gasteiger partial charge is 0.0487 e. The van der Waals surface area contributed by atoms with Crippen LogP contribution in [0.3, 0.4) is 0 Å². The van der Waals surface area contributed by atoms with Crippen molar-refractivity contribution < 1.29 is 0 Å². The second-order valence-electron chi connectivity index (χ2n) is 6.31. The lowest BCUT2D eigenvalue weighted by Gasteiger charge is -2.26. The summed E-state index contributed by atoms with van der Waals surface area (Å²) < 4.78 is 0.235. The van der Waals surface area contributed by atoms with Gasteiger partial charge in [0.1, 0.15) is 0 Å². The minimum Gasteiger partial charge on any atom is -0.0743 e. The molecule has 0 unspecified atom stereocenters. The highest BCUT2D eigenvalue weighted by Gasteiger charge is 2.24. The SMILES string of the molecule is Cc1cccc(C(C)(C)I)c1C[Si](C)(C)C. The first-order valence-electron chi connectivity index (χ1n) is 5.89. The molecule has 0 aliphatic heterocycles. The lowest BCUT2D eigenvalue weighted by atomic mass is 9.95. The molecule has 0 N–H and O–H groups in total. The molecule has 0 fully saturated rings. The molecule has 0 aliphatic rings. The summed E-state index contributed by atoms with van der Waals surface area (Å²) in [6.07, 6.45) is 0. The van der Waals surface area contributed by atoms with Crippen molar-refractivity contribution in [1.29, 1.82) is 0 Å². The van der Waals surface area contributed by atoms with Gasteiger partial charge in [-0.25, -0.2) is 0 Å². The molecule has 0 bridgehead atoms. The monoisotopic (exact) mass is 346 g/mol. The summed E-state index contributed by atoms with van der Waals surface area (Å²) in [5.74, 6) is 0. The molecular formula is C14H23ISi. The van der Waals surface area contributed by atoms with Gasteiger partial charge in [-0.15, -0.1) is 0 Å². The third kappa shape index (κ3) is 3.88. The zero-order valence-corrected chi connectivity index (χ0v) is 14.5. The van der Waals surface area contributed by atoms with Gasteiger partial charge in [0.05, 0.1) is 0 Å². The Bertz CT molecular complexity index is 369. The van der Waals surface area contributed by atoms with Crippen molar-refractivity contribution in [3.63, 3.8) is 0 Å². The third-order valence-corrected chi connectivity index (χ3v) is 4.75. The summed E-state index contributed by atoms with van der Waals surface area (Å²) in [4.78, 5) is 0. The number of hydrogen-bond acceptors (Lipinski definition) is 0. The Morgan fingerprint density at radius 2 is 1.75 bits per heavy atom. The Morgan fingerprint density at radius 3 is 2.19 bits per heavy atom. The average molecular weight is 346 g/mol. The van der Waals surface area contributed by atoms with E-state index in [-0.39, 0.29) is 3.42 Å². The van der Waals surface area contributed by atoms with Crippen LogP contribution >= 0.6 is 22.6 Å². The molecule has 0 saturated carbocycles. The Balaban J connectivity index is 3.25. The Labute approximate surface area is 115 Å². The van der Waals surface area contributed by atoms with Crippen LogP contribution in [-0.2, 0) is 9.47 Å². The molecule has 0 aliphatic carbocycles. The van der Waals surface area contributed by atoms with Crippen LogP contribution < -0.4 is 0 Å². The van der Waals surface area contributed by atoms with E-state index in [4.69, 9.17) is 0 Å². The Hall–Kier alpha value is 0.167. The Kier molecular flexibility index (Phi) is 4.27. The number of hydrogen-bond donors (Lipinski definition) is 0. The molecular weight excluding hydrogens is 323 g/mol. The van der Waals surface area contributed by atoms with Crippen LogP contribution in [0.25, 0.3) is 0 Å². The largest absolute Gasteiger partial charge is 0.0743 e. The molecule has 0 nitrogen and oxygen atoms in total. The molecule has 0 atom stereocenters. The van der Waals surface area contributed by atoms with E-state index in [0.717, 1.165) is 0 Å². The lowest BCUT2D eigenvalue weighted by Crippen LogP contribution is -2.26. The minimum absolute atomic E-state index is 0.235. The van der Waals surface area contributed by atoms with Gasteiger partial charge in [0, 0.05) is 11.5 Å². The molecule has 1 rings (SSSR count). The van der Waals surface area contributed by atoms with E-state index in [1.54, 1.807) is 5.56 Å². The van der Waals surface area contributed by atoms with Gasteiger partial charge in [0.2, 0.25) is 0 Å². The highest BCUT2D eigenvalue weighted by Crippen LogP contribution is 2.35. The molecule has 1 aromatic rings. The Morgan fingerprint density at radius 1 is 1.19 bits per heavy atom. The fraction of sp³-hybridized carbons (Fsp3) is 0.571. The molecule has 0 radical (unpaired) electrons. The zero-order chi connectivity index (χ0) is 12.6. The van der Waals surface area contributed by atoms with Crippen molar-refractivity contribution in [3.8, 4) is 0 Å². The van der Waals surface area contributed by atoms with Crippen LogP contribution in [0.2, 0.25) is 19.6 Å². The van der Waals surface area contributed by atoms with Gasteiger partial charge < -0.3 is 0 Å². The molecule has 0 spiro atoms. The van der Waals surface area contributed by atoms with E-state index in [0.29, 0.717) is 0 Å². The highest BCUT2D eigenvalue weighted by molar-refractivity contribution is 14.1. The van der Waals surface area contributed by atoms with Crippen LogP contribution in [0.15, 0.2) is 18.2 Å². The molecule has 0 amide bonds. The van der Waals surface area contributed by atoms with E-state index in [1.807, 2.05) is 0 Å². The predicted molar refractivity (Wildman–Crippen MR) is 85.3 cm³/mol. The van der Waals surface area contributed by atoms with Gasteiger partial charge in [-0.2, -0.15) is 0 Å². The van der Waals surface area contributed by atoms with Gasteiger partial charge in [-0.05, 0) is 43.5 Å². The van der Waals surface area contributed by atoms with Gasteiger partial charge in [0.15, 0.2) is 0 Å². The molecule has 0 aromatic heterocycles. The topological polar surface area (TPSA) is 0 Å². The van der Waals surface area contributed by atoms with Crippen LogP contribution in [0.1, 0.15) is 30.5 Å². The maximum absolute atomic E-state index is 2.55. The van der Waals surface area contributed by atoms with Crippen LogP contribution in [-0.4, -0.2) is 8.07 Å². The number of benzene rings is 1. The quantitative estimate of drug-likeness (QED) is 0.406. The van der Waals surface area contributed by atoms with E-state index in [2.05, 4.69) is 81.2 Å². The summed E-state index contributed by atoms with van der Waals surface area (Å²) >= 11 is 2.55. The van der Waals surface area contributed by atoms with Crippen molar-refractivity contribution >= 4 is 30.7 Å². The second-order valence-corrected chi connectivity index (χ2v) is 14.5. The van der Waals surface area contributed by atoms with Crippen molar-refractivity contribution in [2.24, 2.45) is 0 Å². The fourth-order valence-corrected chi connectivity index (χ4v) is 4.06. The summed E-state index contributed by atoms with van der Waals surface area (Å²) in [7, 11) is -1.04. The van der Waals surface area contributed by atoms with Crippen molar-refractivity contribution in [2.45, 2.75) is 49.9 Å². The van der Waals surface area contributed by atoms with Crippen molar-refractivity contribution in [2.75, 3.05) is 0 Å².